The second kappa shape index (κ2) is 13.3. The fourth-order valence-electron chi connectivity index (χ4n) is 2.76. The van der Waals surface area contributed by atoms with Gasteiger partial charge in [0.15, 0.2) is 26.7 Å². The number of hydrogen-bond donors (Lipinski definition) is 13. The summed E-state index contributed by atoms with van der Waals surface area (Å²) in [5, 5.41) is 0.267. The van der Waals surface area contributed by atoms with Gasteiger partial charge in [0.25, 0.3) is 11.1 Å². The molecule has 0 radical (unpaired) electrons. The summed E-state index contributed by atoms with van der Waals surface area (Å²) in [6, 6.07) is 2.65. The van der Waals surface area contributed by atoms with Gasteiger partial charge in [0.1, 0.15) is 27.8 Å². The number of hydrogen-bond acceptors (Lipinski definition) is 14. The lowest BCUT2D eigenvalue weighted by Gasteiger charge is -1.89. The molecule has 0 atom stereocenters. The van der Waals surface area contributed by atoms with Crippen molar-refractivity contribution in [2.75, 3.05) is 17.2 Å². The number of aromatic nitrogens is 12. The highest BCUT2D eigenvalue weighted by Gasteiger charge is 2.02. The van der Waals surface area contributed by atoms with Crippen molar-refractivity contribution < 1.29 is 0 Å². The maximum Gasteiger partial charge on any atom is 0.326 e. The van der Waals surface area contributed by atoms with Gasteiger partial charge < -0.3 is 42.1 Å². The fourth-order valence-corrected chi connectivity index (χ4v) is 3.60. The lowest BCUT2D eigenvalue weighted by atomic mass is 10.5. The van der Waals surface area contributed by atoms with Crippen LogP contribution in [0.1, 0.15) is 0 Å². The minimum Gasteiger partial charge on any atom is -0.385 e. The van der Waals surface area contributed by atoms with E-state index < -0.39 is 11.2 Å². The standard InChI is InChI=1S/C5H5N5OS.C5H5N5S.C4H5N3OS.C4H4N2O2S/c6-4-8-2-1(3(11)10-4)7-5(12)9-2;6-3-2-4(8-1-7-3)10-5(11)9-2;5-2-1-3(9)7-4(8)6-2;7-2-1-3(9)6-4(8)5-2/h(H5,6,7,8,9,10,11,12);1H,(H4,6,7,8,9,10,11);1H,(H4,5,6,7,8,9);1H,(H3,5,6,7,8,9). The molecule has 0 bridgehead atoms. The number of H-pyrrole nitrogens is 9. The molecule has 214 valence electrons. The highest BCUT2D eigenvalue weighted by atomic mass is 32.1. The normalized spacial score (nSPS) is 10.1. The number of aromatic amines is 9. The lowest BCUT2D eigenvalue weighted by Crippen LogP contribution is -2.20. The molecule has 0 spiro atoms. The molecule has 0 aliphatic carbocycles. The summed E-state index contributed by atoms with van der Waals surface area (Å²) >= 11 is 18.0. The molecule has 6 heterocycles. The van der Waals surface area contributed by atoms with Gasteiger partial charge in [-0.1, -0.05) is 12.2 Å². The first-order valence-electron chi connectivity index (χ1n) is 10.6. The van der Waals surface area contributed by atoms with Crippen LogP contribution in [0.25, 0.3) is 22.3 Å². The third-order valence-electron chi connectivity index (χ3n) is 4.28. The summed E-state index contributed by atoms with van der Waals surface area (Å²) in [6.07, 6.45) is 1.39. The van der Waals surface area contributed by atoms with Crippen molar-refractivity contribution in [2.24, 2.45) is 0 Å². The van der Waals surface area contributed by atoms with E-state index in [0.29, 0.717) is 42.3 Å². The molecule has 0 aliphatic rings. The minimum atomic E-state index is -0.535. The van der Waals surface area contributed by atoms with E-state index in [9.17, 15) is 19.2 Å². The molecule has 23 heteroatoms. The van der Waals surface area contributed by atoms with Gasteiger partial charge >= 0.3 is 11.4 Å². The Morgan fingerprint density at radius 2 is 1.32 bits per heavy atom. The van der Waals surface area contributed by atoms with Crippen LogP contribution in [0, 0.1) is 14.2 Å². The van der Waals surface area contributed by atoms with Crippen molar-refractivity contribution in [3.8, 4) is 0 Å². The predicted octanol–water partition coefficient (Wildman–Crippen LogP) is -0.145. The highest BCUT2D eigenvalue weighted by molar-refractivity contribution is 7.80. The van der Waals surface area contributed by atoms with E-state index in [1.54, 1.807) is 0 Å². The van der Waals surface area contributed by atoms with Gasteiger partial charge in [0.2, 0.25) is 5.95 Å². The number of fused-ring (bicyclic) bond motifs is 2. The monoisotopic (exact) mass is 637 g/mol. The fraction of sp³-hybridized carbons (Fsp3) is 0. The average molecular weight is 638 g/mol. The number of anilines is 3. The van der Waals surface area contributed by atoms with Crippen LogP contribution in [-0.2, 0) is 0 Å². The minimum absolute atomic E-state index is 0.0674. The molecule has 0 amide bonds. The van der Waals surface area contributed by atoms with Crippen molar-refractivity contribution in [3.63, 3.8) is 0 Å². The first kappa shape index (κ1) is 30.4. The first-order chi connectivity index (χ1) is 19.3. The summed E-state index contributed by atoms with van der Waals surface area (Å²) in [6.45, 7) is 0. The zero-order valence-electron chi connectivity index (χ0n) is 20.1. The van der Waals surface area contributed by atoms with Gasteiger partial charge in [-0.2, -0.15) is 4.98 Å². The number of nitrogens with zero attached hydrogens (tertiary/aromatic N) is 3. The molecule has 6 aromatic rings. The molecule has 0 aliphatic heterocycles. The second-order valence-corrected chi connectivity index (χ2v) is 9.07. The van der Waals surface area contributed by atoms with Crippen LogP contribution in [0.2, 0.25) is 0 Å². The van der Waals surface area contributed by atoms with Crippen LogP contribution in [0.4, 0.5) is 17.6 Å². The Morgan fingerprint density at radius 3 is 1.90 bits per heavy atom. The van der Waals surface area contributed by atoms with Crippen molar-refractivity contribution in [2.45, 2.75) is 5.03 Å². The summed E-state index contributed by atoms with van der Waals surface area (Å²) in [4.78, 5) is 76.1. The molecule has 6 aromatic heterocycles. The Morgan fingerprint density at radius 1 is 0.683 bits per heavy atom. The summed E-state index contributed by atoms with van der Waals surface area (Å²) in [5.74, 6) is 0.754. The van der Waals surface area contributed by atoms with Crippen molar-refractivity contribution in [3.05, 3.63) is 74.3 Å². The van der Waals surface area contributed by atoms with E-state index in [0.717, 1.165) is 0 Å². The van der Waals surface area contributed by atoms with Crippen LogP contribution < -0.4 is 39.7 Å². The van der Waals surface area contributed by atoms with Gasteiger partial charge in [0, 0.05) is 12.1 Å². The Labute approximate surface area is 244 Å². The number of imidazole rings is 2. The predicted molar refractivity (Wildman–Crippen MR) is 161 cm³/mol. The summed E-state index contributed by atoms with van der Waals surface area (Å²) in [5.41, 5.74) is 16.4. The Kier molecular flexibility index (Phi) is 9.86. The maximum absolute atomic E-state index is 11.1. The SMILES string of the molecule is Nc1cc(=S)[nH]c(=O)[nH]1.Nc1nc2[nH]c(=S)[nH]c2c(=O)[nH]1.Nc1ncnc2[nH]c(=S)[nH]c12.O=c1cc(S)[nH]c(=O)[nH]1. The summed E-state index contributed by atoms with van der Waals surface area (Å²) < 4.78 is 1.21. The quantitative estimate of drug-likeness (QED) is 0.0586. The van der Waals surface area contributed by atoms with Gasteiger partial charge in [-0.15, -0.1) is 12.6 Å². The number of nitrogens with one attached hydrogen (secondary N) is 9. The van der Waals surface area contributed by atoms with E-state index in [2.05, 4.69) is 79.7 Å². The lowest BCUT2D eigenvalue weighted by molar-refractivity contribution is 0.954. The molecule has 0 saturated heterocycles. The molecular formula is C18H19N15O4S4. The molecule has 6 rings (SSSR count). The Balaban J connectivity index is 0.000000152. The van der Waals surface area contributed by atoms with Crippen LogP contribution in [0.5, 0.6) is 0 Å². The molecule has 15 N–H and O–H groups in total. The Hall–Kier alpha value is -5.13. The number of rotatable bonds is 0. The second-order valence-electron chi connectivity index (χ2n) is 7.33. The molecule has 0 fully saturated rings. The van der Waals surface area contributed by atoms with Crippen molar-refractivity contribution in [1.82, 2.24) is 59.8 Å². The van der Waals surface area contributed by atoms with Crippen LogP contribution in [0.15, 0.2) is 42.7 Å². The number of nitrogen functional groups attached to an aromatic ring is 3. The zero-order valence-corrected chi connectivity index (χ0v) is 23.5. The van der Waals surface area contributed by atoms with E-state index in [1.165, 1.54) is 18.5 Å². The smallest absolute Gasteiger partial charge is 0.326 e. The zero-order chi connectivity index (χ0) is 30.3. The molecule has 41 heavy (non-hydrogen) atoms. The largest absolute Gasteiger partial charge is 0.385 e. The van der Waals surface area contributed by atoms with Crippen molar-refractivity contribution >= 4 is 89.2 Å². The van der Waals surface area contributed by atoms with Gasteiger partial charge in [0.05, 0.1) is 5.03 Å². The third-order valence-corrected chi connectivity index (χ3v) is 5.15. The van der Waals surface area contributed by atoms with Crippen molar-refractivity contribution in [1.29, 1.82) is 0 Å². The van der Waals surface area contributed by atoms with Gasteiger partial charge in [-0.3, -0.25) is 29.5 Å². The topological polar surface area (TPSA) is 327 Å². The van der Waals surface area contributed by atoms with Crippen LogP contribution >= 0.6 is 49.3 Å². The molecule has 0 saturated carbocycles. The van der Waals surface area contributed by atoms with E-state index in [1.807, 2.05) is 4.98 Å². The molecule has 0 aromatic carbocycles. The van der Waals surface area contributed by atoms with E-state index in [4.69, 9.17) is 41.6 Å². The van der Waals surface area contributed by atoms with Crippen LogP contribution in [0.3, 0.4) is 0 Å². The van der Waals surface area contributed by atoms with E-state index >= 15 is 0 Å². The first-order valence-corrected chi connectivity index (χ1v) is 12.3. The molecule has 19 nitrogen and oxygen atoms in total. The number of nitrogens with two attached hydrogens (primary N) is 3. The maximum atomic E-state index is 11.1. The third kappa shape index (κ3) is 8.95. The van der Waals surface area contributed by atoms with Gasteiger partial charge in [-0.05, 0) is 24.4 Å². The highest BCUT2D eigenvalue weighted by Crippen LogP contribution is 2.10. The van der Waals surface area contributed by atoms with Crippen LogP contribution in [-0.4, -0.2) is 59.8 Å². The molecule has 0 unspecified atom stereocenters. The van der Waals surface area contributed by atoms with E-state index in [-0.39, 0.29) is 28.0 Å². The molecular weight excluding hydrogens is 619 g/mol. The summed E-state index contributed by atoms with van der Waals surface area (Å²) in [7, 11) is 0. The average Bonchev–Trinajstić information content (AvgIpc) is 3.40. The number of thiol groups is 1. The Bertz CT molecular complexity index is 2110. The van der Waals surface area contributed by atoms with Gasteiger partial charge in [-0.25, -0.2) is 19.6 Å².